The first-order chi connectivity index (χ1) is 16.4. The molecule has 0 unspecified atom stereocenters. The van der Waals surface area contributed by atoms with Gasteiger partial charge in [-0.25, -0.2) is 9.78 Å². The minimum atomic E-state index is -0.427. The Balaban J connectivity index is 1.86. The molecule has 0 aliphatic rings. The zero-order valence-corrected chi connectivity index (χ0v) is 20.1. The number of esters is 1. The Morgan fingerprint density at radius 1 is 1.09 bits per heavy atom. The Kier molecular flexibility index (Phi) is 6.79. The van der Waals surface area contributed by atoms with Gasteiger partial charge < -0.3 is 14.6 Å². The van der Waals surface area contributed by atoms with Crippen LogP contribution in [-0.4, -0.2) is 34.3 Å². The summed E-state index contributed by atoms with van der Waals surface area (Å²) in [6.07, 6.45) is 3.49. The molecule has 0 atom stereocenters. The van der Waals surface area contributed by atoms with Crippen LogP contribution in [0.4, 0.5) is 0 Å². The maximum atomic E-state index is 13.5. The average molecular weight is 521 g/mol. The molecule has 0 bridgehead atoms. The second kappa shape index (κ2) is 9.93. The van der Waals surface area contributed by atoms with Gasteiger partial charge in [0.2, 0.25) is 0 Å². The maximum Gasteiger partial charge on any atom is 0.338 e. The number of hydrogen-bond donors (Lipinski definition) is 1. The Labute approximate surface area is 204 Å². The number of halogens is 1. The van der Waals surface area contributed by atoms with Crippen LogP contribution in [0.5, 0.6) is 11.5 Å². The molecule has 34 heavy (non-hydrogen) atoms. The Hall–Kier alpha value is -3.91. The molecule has 8 heteroatoms. The van der Waals surface area contributed by atoms with Crippen molar-refractivity contribution in [3.05, 3.63) is 92.4 Å². The lowest BCUT2D eigenvalue weighted by atomic mass is 10.1. The third-order valence-electron chi connectivity index (χ3n) is 5.12. The molecule has 0 fully saturated rings. The zero-order valence-electron chi connectivity index (χ0n) is 18.5. The fourth-order valence-electron chi connectivity index (χ4n) is 3.47. The van der Waals surface area contributed by atoms with Gasteiger partial charge in [-0.05, 0) is 73.2 Å². The van der Waals surface area contributed by atoms with Crippen LogP contribution in [0.1, 0.15) is 28.7 Å². The number of benzene rings is 3. The van der Waals surface area contributed by atoms with E-state index < -0.39 is 5.97 Å². The molecule has 0 spiro atoms. The summed E-state index contributed by atoms with van der Waals surface area (Å²) >= 11 is 3.41. The van der Waals surface area contributed by atoms with Crippen LogP contribution in [0.25, 0.3) is 28.7 Å². The van der Waals surface area contributed by atoms with E-state index in [1.165, 1.54) is 17.7 Å². The van der Waals surface area contributed by atoms with Gasteiger partial charge in [0.05, 0.1) is 35.9 Å². The topological polar surface area (TPSA) is 90.7 Å². The van der Waals surface area contributed by atoms with E-state index >= 15 is 0 Å². The van der Waals surface area contributed by atoms with Crippen LogP contribution in [0.15, 0.2) is 69.9 Å². The van der Waals surface area contributed by atoms with Gasteiger partial charge in [0.25, 0.3) is 5.56 Å². The lowest BCUT2D eigenvalue weighted by molar-refractivity contribution is 0.0526. The summed E-state index contributed by atoms with van der Waals surface area (Å²) < 4.78 is 12.5. The molecule has 0 aliphatic heterocycles. The van der Waals surface area contributed by atoms with Gasteiger partial charge in [0, 0.05) is 4.47 Å². The van der Waals surface area contributed by atoms with Crippen LogP contribution in [0, 0.1) is 0 Å². The molecule has 7 nitrogen and oxygen atoms in total. The van der Waals surface area contributed by atoms with Gasteiger partial charge in [-0.15, -0.1) is 0 Å². The monoisotopic (exact) mass is 520 g/mol. The van der Waals surface area contributed by atoms with E-state index in [1.54, 1.807) is 67.6 Å². The SMILES string of the molecule is CCOC(=O)c1ccc(-n2c(/C=C/c3ccc(O)c(OC)c3)nc3ccc(Br)cc3c2=O)cc1. The second-order valence-corrected chi connectivity index (χ2v) is 8.22. The van der Waals surface area contributed by atoms with Crippen LogP contribution in [0.3, 0.4) is 0 Å². The Morgan fingerprint density at radius 2 is 1.85 bits per heavy atom. The molecule has 0 saturated carbocycles. The Bertz CT molecular complexity index is 1460. The molecule has 0 aliphatic carbocycles. The highest BCUT2D eigenvalue weighted by molar-refractivity contribution is 9.10. The summed E-state index contributed by atoms with van der Waals surface area (Å²) in [5.74, 6) is 0.345. The third-order valence-corrected chi connectivity index (χ3v) is 5.61. The number of phenols is 1. The normalized spacial score (nSPS) is 11.1. The minimum absolute atomic E-state index is 0.0349. The molecular formula is C26H21BrN2O5. The lowest BCUT2D eigenvalue weighted by Gasteiger charge is -2.12. The number of fused-ring (bicyclic) bond motifs is 1. The van der Waals surface area contributed by atoms with Crippen LogP contribution in [0.2, 0.25) is 0 Å². The van der Waals surface area contributed by atoms with E-state index in [9.17, 15) is 14.7 Å². The van der Waals surface area contributed by atoms with Crippen molar-refractivity contribution in [2.24, 2.45) is 0 Å². The predicted molar refractivity (Wildman–Crippen MR) is 135 cm³/mol. The van der Waals surface area contributed by atoms with Crippen molar-refractivity contribution >= 4 is 45.0 Å². The van der Waals surface area contributed by atoms with Crippen molar-refractivity contribution in [3.63, 3.8) is 0 Å². The lowest BCUT2D eigenvalue weighted by Crippen LogP contribution is -2.22. The molecular weight excluding hydrogens is 500 g/mol. The van der Waals surface area contributed by atoms with Crippen molar-refractivity contribution in [2.45, 2.75) is 6.92 Å². The molecule has 1 aromatic heterocycles. The molecule has 0 radical (unpaired) electrons. The second-order valence-electron chi connectivity index (χ2n) is 7.30. The minimum Gasteiger partial charge on any atom is -0.504 e. The number of methoxy groups -OCH3 is 1. The van der Waals surface area contributed by atoms with E-state index in [1.807, 2.05) is 6.07 Å². The van der Waals surface area contributed by atoms with Gasteiger partial charge in [-0.2, -0.15) is 0 Å². The molecule has 3 aromatic carbocycles. The summed E-state index contributed by atoms with van der Waals surface area (Å²) in [7, 11) is 1.48. The van der Waals surface area contributed by atoms with Crippen molar-refractivity contribution < 1.29 is 19.4 Å². The number of nitrogens with zero attached hydrogens (tertiary/aromatic N) is 2. The smallest absolute Gasteiger partial charge is 0.338 e. The number of rotatable bonds is 6. The fourth-order valence-corrected chi connectivity index (χ4v) is 3.83. The standard InChI is InChI=1S/C26H21BrN2O5/c1-3-34-26(32)17-6-9-19(10-7-17)29-24(13-5-16-4-12-22(30)23(14-16)33-2)28-21-11-8-18(27)15-20(21)25(29)31/h4-15,30H,3H2,1-2H3/b13-5+. The summed E-state index contributed by atoms with van der Waals surface area (Å²) in [4.78, 5) is 30.2. The molecule has 0 saturated heterocycles. The first kappa shape index (κ1) is 23.3. The van der Waals surface area contributed by atoms with Crippen LogP contribution in [-0.2, 0) is 4.74 Å². The van der Waals surface area contributed by atoms with Crippen molar-refractivity contribution in [3.8, 4) is 17.2 Å². The van der Waals surface area contributed by atoms with Crippen molar-refractivity contribution in [1.29, 1.82) is 0 Å². The first-order valence-electron chi connectivity index (χ1n) is 10.5. The highest BCUT2D eigenvalue weighted by atomic mass is 79.9. The largest absolute Gasteiger partial charge is 0.504 e. The van der Waals surface area contributed by atoms with Crippen molar-refractivity contribution in [2.75, 3.05) is 13.7 Å². The zero-order chi connectivity index (χ0) is 24.2. The number of aromatic nitrogens is 2. The number of phenolic OH excluding ortho intramolecular Hbond substituents is 1. The molecule has 1 N–H and O–H groups in total. The maximum absolute atomic E-state index is 13.5. The number of carbonyl (C=O) groups is 1. The van der Waals surface area contributed by atoms with E-state index in [2.05, 4.69) is 15.9 Å². The summed E-state index contributed by atoms with van der Waals surface area (Å²) in [5.41, 5.74) is 2.00. The third kappa shape index (κ3) is 4.72. The summed E-state index contributed by atoms with van der Waals surface area (Å²) in [6.45, 7) is 2.02. The highest BCUT2D eigenvalue weighted by Crippen LogP contribution is 2.27. The van der Waals surface area contributed by atoms with Gasteiger partial charge in [-0.3, -0.25) is 9.36 Å². The molecule has 0 amide bonds. The van der Waals surface area contributed by atoms with Crippen LogP contribution >= 0.6 is 15.9 Å². The molecule has 4 rings (SSSR count). The van der Waals surface area contributed by atoms with Gasteiger partial charge >= 0.3 is 5.97 Å². The number of hydrogen-bond acceptors (Lipinski definition) is 6. The Morgan fingerprint density at radius 3 is 2.56 bits per heavy atom. The van der Waals surface area contributed by atoms with Gasteiger partial charge in [0.15, 0.2) is 11.5 Å². The van der Waals surface area contributed by atoms with E-state index in [4.69, 9.17) is 14.5 Å². The molecule has 172 valence electrons. The highest BCUT2D eigenvalue weighted by Gasteiger charge is 2.13. The number of carbonyl (C=O) groups excluding carboxylic acids is 1. The molecule has 4 aromatic rings. The first-order valence-corrected chi connectivity index (χ1v) is 11.3. The van der Waals surface area contributed by atoms with Gasteiger partial charge in [0.1, 0.15) is 5.82 Å². The number of ether oxygens (including phenoxy) is 2. The van der Waals surface area contributed by atoms with E-state index in [0.717, 1.165) is 10.0 Å². The van der Waals surface area contributed by atoms with Crippen molar-refractivity contribution in [1.82, 2.24) is 9.55 Å². The summed E-state index contributed by atoms with van der Waals surface area (Å²) in [5, 5.41) is 10.3. The molecule has 1 heterocycles. The van der Waals surface area contributed by atoms with E-state index in [0.29, 0.717) is 33.7 Å². The number of aromatic hydroxyl groups is 1. The van der Waals surface area contributed by atoms with Crippen LogP contribution < -0.4 is 10.3 Å². The quantitative estimate of drug-likeness (QED) is 0.351. The van der Waals surface area contributed by atoms with E-state index in [-0.39, 0.29) is 17.9 Å². The van der Waals surface area contributed by atoms with Gasteiger partial charge in [-0.1, -0.05) is 28.1 Å². The average Bonchev–Trinajstić information content (AvgIpc) is 2.84. The predicted octanol–water partition coefficient (Wildman–Crippen LogP) is 5.21. The fraction of sp³-hybridized carbons (Fsp3) is 0.115. The summed E-state index contributed by atoms with van der Waals surface area (Å²) in [6, 6.07) is 16.9.